The van der Waals surface area contributed by atoms with Gasteiger partial charge < -0.3 is 13.8 Å². The molecule has 0 radical (unpaired) electrons. The van der Waals surface area contributed by atoms with E-state index in [1.807, 2.05) is 44.2 Å². The van der Waals surface area contributed by atoms with E-state index in [1.165, 1.54) is 0 Å². The Kier molecular flexibility index (Phi) is 3.40. The molecule has 1 unspecified atom stereocenters. The highest BCUT2D eigenvalue weighted by Crippen LogP contribution is 2.44. The first kappa shape index (κ1) is 15.8. The zero-order valence-electron chi connectivity index (χ0n) is 15.1. The maximum absolute atomic E-state index is 6.28. The molecule has 134 valence electrons. The molecule has 0 fully saturated rings. The third-order valence-electron chi connectivity index (χ3n) is 5.04. The van der Waals surface area contributed by atoms with Gasteiger partial charge in [-0.05, 0) is 44.2 Å². The fraction of sp³-hybridized carbons (Fsp3) is 0.190. The van der Waals surface area contributed by atoms with Crippen LogP contribution in [0.4, 0.5) is 0 Å². The van der Waals surface area contributed by atoms with Gasteiger partial charge >= 0.3 is 0 Å². The molecule has 27 heavy (non-hydrogen) atoms. The third kappa shape index (κ3) is 2.23. The fourth-order valence-corrected chi connectivity index (χ4v) is 3.87. The minimum Gasteiger partial charge on any atom is -0.488 e. The van der Waals surface area contributed by atoms with Crippen LogP contribution in [0, 0.1) is 13.8 Å². The maximum Gasteiger partial charge on any atom is 0.153 e. The van der Waals surface area contributed by atoms with Gasteiger partial charge in [0.05, 0.1) is 22.5 Å². The monoisotopic (exact) mass is 358 g/mol. The van der Waals surface area contributed by atoms with Crippen LogP contribution < -0.4 is 4.74 Å². The van der Waals surface area contributed by atoms with E-state index in [2.05, 4.69) is 21.3 Å². The molecule has 6 nitrogen and oxygen atoms in total. The fourth-order valence-electron chi connectivity index (χ4n) is 3.87. The minimum absolute atomic E-state index is 0.0587. The van der Waals surface area contributed by atoms with E-state index < -0.39 is 0 Å². The van der Waals surface area contributed by atoms with Gasteiger partial charge in [0.2, 0.25) is 0 Å². The van der Waals surface area contributed by atoms with E-state index >= 15 is 0 Å². The summed E-state index contributed by atoms with van der Waals surface area (Å²) in [5.74, 6) is 2.38. The van der Waals surface area contributed by atoms with Gasteiger partial charge in [-0.1, -0.05) is 17.8 Å². The van der Waals surface area contributed by atoms with Crippen LogP contribution in [0.1, 0.15) is 29.0 Å². The number of pyridine rings is 1. The molecule has 0 bridgehead atoms. The van der Waals surface area contributed by atoms with Crippen molar-refractivity contribution in [1.29, 1.82) is 0 Å². The standard InChI is InChI=1S/C21H18N4O2/c1-4-18-23-16-9-8-14(19-12(2)24-27-13(19)3)21-20(16)25(18)17(11-26-21)15-7-5-6-10-22-15/h4-10,17H,1,11H2,2-3H3. The summed E-state index contributed by atoms with van der Waals surface area (Å²) in [6.07, 6.45) is 3.58. The summed E-state index contributed by atoms with van der Waals surface area (Å²) in [4.78, 5) is 9.27. The quantitative estimate of drug-likeness (QED) is 0.545. The molecule has 4 aromatic rings. The van der Waals surface area contributed by atoms with Crippen molar-refractivity contribution in [2.45, 2.75) is 19.9 Å². The molecule has 0 spiro atoms. The molecule has 4 heterocycles. The van der Waals surface area contributed by atoms with Gasteiger partial charge in [-0.3, -0.25) is 4.98 Å². The molecule has 5 rings (SSSR count). The Morgan fingerprint density at radius 3 is 2.81 bits per heavy atom. The zero-order valence-corrected chi connectivity index (χ0v) is 15.1. The molecule has 6 heteroatoms. The van der Waals surface area contributed by atoms with Crippen molar-refractivity contribution in [2.75, 3.05) is 6.61 Å². The Morgan fingerprint density at radius 1 is 1.22 bits per heavy atom. The van der Waals surface area contributed by atoms with Gasteiger partial charge in [0, 0.05) is 11.8 Å². The summed E-state index contributed by atoms with van der Waals surface area (Å²) in [5, 5.41) is 4.09. The van der Waals surface area contributed by atoms with Crippen LogP contribution >= 0.6 is 0 Å². The number of imidazole rings is 1. The van der Waals surface area contributed by atoms with Crippen LogP contribution in [0.15, 0.2) is 47.6 Å². The van der Waals surface area contributed by atoms with Crippen molar-refractivity contribution >= 4 is 17.1 Å². The van der Waals surface area contributed by atoms with E-state index in [1.54, 1.807) is 12.3 Å². The Labute approximate surface area is 156 Å². The lowest BCUT2D eigenvalue weighted by Gasteiger charge is -2.27. The van der Waals surface area contributed by atoms with Crippen LogP contribution in [0.5, 0.6) is 5.75 Å². The first-order valence-electron chi connectivity index (χ1n) is 8.83. The Bertz CT molecular complexity index is 1150. The average Bonchev–Trinajstić information content (AvgIpc) is 3.24. The normalized spacial score (nSPS) is 15.7. The molecular weight excluding hydrogens is 340 g/mol. The number of nitrogens with zero attached hydrogens (tertiary/aromatic N) is 4. The molecule has 0 aliphatic carbocycles. The second kappa shape index (κ2) is 5.81. The molecule has 0 saturated carbocycles. The smallest absolute Gasteiger partial charge is 0.153 e. The van der Waals surface area contributed by atoms with Crippen molar-refractivity contribution in [2.24, 2.45) is 0 Å². The topological polar surface area (TPSA) is 66.0 Å². The molecule has 0 saturated heterocycles. The summed E-state index contributed by atoms with van der Waals surface area (Å²) >= 11 is 0. The van der Waals surface area contributed by atoms with Gasteiger partial charge in [-0.15, -0.1) is 0 Å². The first-order chi connectivity index (χ1) is 13.2. The van der Waals surface area contributed by atoms with Crippen molar-refractivity contribution in [1.82, 2.24) is 19.7 Å². The average molecular weight is 358 g/mol. The van der Waals surface area contributed by atoms with Crippen LogP contribution in [0.3, 0.4) is 0 Å². The molecule has 0 N–H and O–H groups in total. The minimum atomic E-state index is -0.0587. The van der Waals surface area contributed by atoms with Crippen molar-refractivity contribution in [3.05, 3.63) is 66.1 Å². The highest BCUT2D eigenvalue weighted by atomic mass is 16.5. The number of rotatable bonds is 3. The van der Waals surface area contributed by atoms with Crippen LogP contribution in [-0.2, 0) is 0 Å². The van der Waals surface area contributed by atoms with Crippen LogP contribution in [0.2, 0.25) is 0 Å². The number of aromatic nitrogens is 4. The summed E-state index contributed by atoms with van der Waals surface area (Å²) in [5.41, 5.74) is 5.54. The number of benzene rings is 1. The maximum atomic E-state index is 6.28. The second-order valence-electron chi connectivity index (χ2n) is 6.63. The molecule has 1 aromatic carbocycles. The van der Waals surface area contributed by atoms with E-state index in [0.29, 0.717) is 6.61 Å². The van der Waals surface area contributed by atoms with Crippen molar-refractivity contribution in [3.8, 4) is 16.9 Å². The van der Waals surface area contributed by atoms with Crippen molar-refractivity contribution < 1.29 is 9.26 Å². The Morgan fingerprint density at radius 2 is 2.11 bits per heavy atom. The molecule has 3 aromatic heterocycles. The highest BCUT2D eigenvalue weighted by Gasteiger charge is 2.31. The molecule has 1 atom stereocenters. The summed E-state index contributed by atoms with van der Waals surface area (Å²) in [6.45, 7) is 8.27. The Balaban J connectivity index is 1.82. The molecular formula is C21H18N4O2. The lowest BCUT2D eigenvalue weighted by atomic mass is 10.0. The summed E-state index contributed by atoms with van der Waals surface area (Å²) < 4.78 is 13.8. The predicted molar refractivity (Wildman–Crippen MR) is 103 cm³/mol. The van der Waals surface area contributed by atoms with Gasteiger partial charge in [0.1, 0.15) is 29.8 Å². The largest absolute Gasteiger partial charge is 0.488 e. The lowest BCUT2D eigenvalue weighted by Crippen LogP contribution is -2.25. The van der Waals surface area contributed by atoms with Gasteiger partial charge in [0.15, 0.2) is 5.75 Å². The Hall–Kier alpha value is -3.41. The predicted octanol–water partition coefficient (Wildman–Crippen LogP) is 4.33. The number of hydrogen-bond donors (Lipinski definition) is 0. The molecule has 1 aliphatic heterocycles. The SMILES string of the molecule is C=Cc1nc2ccc(-c3c(C)noc3C)c3c2n1C(c1ccccn1)CO3. The van der Waals surface area contributed by atoms with Crippen LogP contribution in [0.25, 0.3) is 28.2 Å². The number of hydrogen-bond acceptors (Lipinski definition) is 5. The van der Waals surface area contributed by atoms with E-state index in [9.17, 15) is 0 Å². The van der Waals surface area contributed by atoms with Gasteiger partial charge in [-0.25, -0.2) is 4.98 Å². The van der Waals surface area contributed by atoms with E-state index in [-0.39, 0.29) is 6.04 Å². The third-order valence-corrected chi connectivity index (χ3v) is 5.04. The van der Waals surface area contributed by atoms with Crippen LogP contribution in [-0.4, -0.2) is 26.3 Å². The zero-order chi connectivity index (χ0) is 18.5. The van der Waals surface area contributed by atoms with E-state index in [4.69, 9.17) is 14.2 Å². The van der Waals surface area contributed by atoms with Crippen molar-refractivity contribution in [3.63, 3.8) is 0 Å². The van der Waals surface area contributed by atoms with Gasteiger partial charge in [0.25, 0.3) is 0 Å². The second-order valence-corrected chi connectivity index (χ2v) is 6.63. The van der Waals surface area contributed by atoms with E-state index in [0.717, 1.165) is 50.9 Å². The highest BCUT2D eigenvalue weighted by molar-refractivity contribution is 5.93. The summed E-state index contributed by atoms with van der Waals surface area (Å²) in [7, 11) is 0. The molecule has 0 amide bonds. The van der Waals surface area contributed by atoms with Gasteiger partial charge in [-0.2, -0.15) is 0 Å². The summed E-state index contributed by atoms with van der Waals surface area (Å²) in [6, 6.07) is 9.88. The number of ether oxygens (including phenoxy) is 1. The lowest BCUT2D eigenvalue weighted by molar-refractivity contribution is 0.257. The first-order valence-corrected chi connectivity index (χ1v) is 8.83. The molecule has 1 aliphatic rings. The number of aryl methyl sites for hydroxylation is 2.